The minimum Gasteiger partial charge on any atom is -0.454 e. The quantitative estimate of drug-likeness (QED) is 0.606. The van der Waals surface area contributed by atoms with Crippen LogP contribution in [0, 0.1) is 10.1 Å². The Hall–Kier alpha value is -3.49. The normalized spacial score (nSPS) is 18.6. The van der Waals surface area contributed by atoms with Crippen molar-refractivity contribution in [3.63, 3.8) is 0 Å². The maximum atomic E-state index is 11.7. The Kier molecular flexibility index (Phi) is 3.36. The van der Waals surface area contributed by atoms with E-state index in [1.807, 2.05) is 24.0 Å². The second-order valence-electron chi connectivity index (χ2n) is 6.24. The van der Waals surface area contributed by atoms with Crippen LogP contribution in [0.2, 0.25) is 0 Å². The zero-order valence-electron chi connectivity index (χ0n) is 14.4. The summed E-state index contributed by atoms with van der Waals surface area (Å²) in [6, 6.07) is 6.20. The van der Waals surface area contributed by atoms with Crippen LogP contribution >= 0.6 is 0 Å². The summed E-state index contributed by atoms with van der Waals surface area (Å²) in [5.41, 5.74) is 2.07. The number of hydrogen-bond acceptors (Lipinski definition) is 8. The average molecular weight is 369 g/mol. The van der Waals surface area contributed by atoms with Crippen molar-refractivity contribution in [1.29, 1.82) is 0 Å². The van der Waals surface area contributed by atoms with E-state index in [0.29, 0.717) is 35.1 Å². The van der Waals surface area contributed by atoms with Crippen LogP contribution < -0.4 is 23.8 Å². The van der Waals surface area contributed by atoms with Gasteiger partial charge in [-0.3, -0.25) is 15.1 Å². The van der Waals surface area contributed by atoms with Crippen LogP contribution in [0.1, 0.15) is 24.1 Å². The molecule has 0 radical (unpaired) electrons. The van der Waals surface area contributed by atoms with Crippen LogP contribution in [0.4, 0.5) is 11.4 Å². The van der Waals surface area contributed by atoms with Gasteiger partial charge in [-0.2, -0.15) is 0 Å². The Morgan fingerprint density at radius 1 is 1.04 bits per heavy atom. The Morgan fingerprint density at radius 2 is 1.63 bits per heavy atom. The molecule has 0 saturated heterocycles. The number of benzene rings is 2. The molecule has 1 atom stereocenters. The maximum absolute atomic E-state index is 11.7. The van der Waals surface area contributed by atoms with Gasteiger partial charge in [-0.1, -0.05) is 0 Å². The van der Waals surface area contributed by atoms with Crippen LogP contribution in [0.3, 0.4) is 0 Å². The fraction of sp³-hybridized carbons (Fsp3) is 0.278. The van der Waals surface area contributed by atoms with Crippen LogP contribution in [0.25, 0.3) is 0 Å². The number of aliphatic imine (C=N–C) groups is 1. The number of nitro groups is 1. The summed E-state index contributed by atoms with van der Waals surface area (Å²) in [5, 5.41) is 11.7. The molecule has 2 aromatic carbocycles. The van der Waals surface area contributed by atoms with Gasteiger partial charge in [0, 0.05) is 18.2 Å². The van der Waals surface area contributed by atoms with E-state index in [2.05, 4.69) is 4.99 Å². The van der Waals surface area contributed by atoms with Gasteiger partial charge in [-0.25, -0.2) is 0 Å². The zero-order valence-corrected chi connectivity index (χ0v) is 14.4. The lowest BCUT2D eigenvalue weighted by molar-refractivity contribution is -0.385. The van der Waals surface area contributed by atoms with Gasteiger partial charge in [-0.05, 0) is 19.1 Å². The van der Waals surface area contributed by atoms with Crippen molar-refractivity contribution >= 4 is 17.7 Å². The van der Waals surface area contributed by atoms with E-state index >= 15 is 0 Å². The average Bonchev–Trinajstić information content (AvgIpc) is 3.32. The molecule has 0 N–H and O–H groups in total. The summed E-state index contributed by atoms with van der Waals surface area (Å²) < 4.78 is 21.7. The number of anilines is 1. The third-order valence-electron chi connectivity index (χ3n) is 4.83. The van der Waals surface area contributed by atoms with Crippen molar-refractivity contribution in [2.24, 2.45) is 4.99 Å². The number of nitrogens with zero attached hydrogens (tertiary/aromatic N) is 3. The number of nitro benzene ring substituents is 1. The molecule has 27 heavy (non-hydrogen) atoms. The van der Waals surface area contributed by atoms with Gasteiger partial charge in [-0.15, -0.1) is 0 Å². The van der Waals surface area contributed by atoms with Crippen molar-refractivity contribution in [2.75, 3.05) is 25.0 Å². The summed E-state index contributed by atoms with van der Waals surface area (Å²) in [7, 11) is 0. The summed E-state index contributed by atoms with van der Waals surface area (Å²) in [4.78, 5) is 17.8. The summed E-state index contributed by atoms with van der Waals surface area (Å²) in [6.45, 7) is 2.90. The summed E-state index contributed by atoms with van der Waals surface area (Å²) in [5.74, 6) is 2.11. The second-order valence-corrected chi connectivity index (χ2v) is 6.24. The standard InChI is InChI=1S/C18H15N3O6/c1-2-20-7-19-18(10-3-14-16(5-12(10)20)26-8-24-14)11-4-15-17(27-9-25-15)6-13(11)21(22)23/h3-7,18H,2,8-9H2,1H3. The molecule has 2 aromatic rings. The molecule has 0 bridgehead atoms. The molecule has 3 heterocycles. The first-order valence-electron chi connectivity index (χ1n) is 8.47. The Labute approximate surface area is 153 Å². The second kappa shape index (κ2) is 5.76. The first-order chi connectivity index (χ1) is 13.2. The molecular weight excluding hydrogens is 354 g/mol. The molecule has 3 aliphatic heterocycles. The first kappa shape index (κ1) is 15.7. The Balaban J connectivity index is 1.70. The fourth-order valence-electron chi connectivity index (χ4n) is 3.53. The van der Waals surface area contributed by atoms with E-state index in [-0.39, 0.29) is 19.3 Å². The highest BCUT2D eigenvalue weighted by Crippen LogP contribution is 2.48. The molecule has 0 aliphatic carbocycles. The largest absolute Gasteiger partial charge is 0.454 e. The third-order valence-corrected chi connectivity index (χ3v) is 4.83. The minimum atomic E-state index is -0.563. The molecule has 0 fully saturated rings. The molecule has 9 nitrogen and oxygen atoms in total. The van der Waals surface area contributed by atoms with Crippen molar-refractivity contribution < 1.29 is 23.9 Å². The Morgan fingerprint density at radius 3 is 2.26 bits per heavy atom. The molecule has 5 rings (SSSR count). The van der Waals surface area contributed by atoms with Crippen LogP contribution in [0.5, 0.6) is 23.0 Å². The molecule has 138 valence electrons. The van der Waals surface area contributed by atoms with Gasteiger partial charge in [0.25, 0.3) is 5.69 Å². The monoisotopic (exact) mass is 369 g/mol. The highest BCUT2D eigenvalue weighted by atomic mass is 16.7. The van der Waals surface area contributed by atoms with Gasteiger partial charge in [0.1, 0.15) is 6.04 Å². The predicted octanol–water partition coefficient (Wildman–Crippen LogP) is 3.01. The van der Waals surface area contributed by atoms with Gasteiger partial charge in [0.05, 0.1) is 28.6 Å². The third kappa shape index (κ3) is 2.35. The minimum absolute atomic E-state index is 0.0444. The van der Waals surface area contributed by atoms with E-state index in [9.17, 15) is 10.1 Å². The number of ether oxygens (including phenoxy) is 4. The van der Waals surface area contributed by atoms with E-state index < -0.39 is 11.0 Å². The van der Waals surface area contributed by atoms with E-state index in [4.69, 9.17) is 18.9 Å². The first-order valence-corrected chi connectivity index (χ1v) is 8.47. The van der Waals surface area contributed by atoms with Gasteiger partial charge >= 0.3 is 0 Å². The SMILES string of the molecule is CCN1C=NC(c2cc3c(cc2[N+](=O)[O-])OCO3)c2cc3c(cc21)OCO3. The Bertz CT molecular complexity index is 990. The summed E-state index contributed by atoms with van der Waals surface area (Å²) >= 11 is 0. The topological polar surface area (TPSA) is 95.7 Å². The highest BCUT2D eigenvalue weighted by molar-refractivity contribution is 5.86. The van der Waals surface area contributed by atoms with E-state index in [1.165, 1.54) is 6.07 Å². The lowest BCUT2D eigenvalue weighted by Gasteiger charge is -2.29. The molecular formula is C18H15N3O6. The molecule has 0 aromatic heterocycles. The number of hydrogen-bond donors (Lipinski definition) is 0. The van der Waals surface area contributed by atoms with Crippen molar-refractivity contribution in [1.82, 2.24) is 0 Å². The van der Waals surface area contributed by atoms with Gasteiger partial charge < -0.3 is 23.8 Å². The number of fused-ring (bicyclic) bond motifs is 3. The molecule has 0 amide bonds. The molecule has 0 spiro atoms. The highest BCUT2D eigenvalue weighted by Gasteiger charge is 2.33. The smallest absolute Gasteiger partial charge is 0.279 e. The predicted molar refractivity (Wildman–Crippen MR) is 95.1 cm³/mol. The van der Waals surface area contributed by atoms with Crippen LogP contribution in [-0.2, 0) is 0 Å². The summed E-state index contributed by atoms with van der Waals surface area (Å²) in [6.07, 6.45) is 1.70. The maximum Gasteiger partial charge on any atom is 0.279 e. The van der Waals surface area contributed by atoms with Crippen molar-refractivity contribution in [3.05, 3.63) is 45.5 Å². The zero-order chi connectivity index (χ0) is 18.5. The molecule has 9 heteroatoms. The van der Waals surface area contributed by atoms with E-state index in [0.717, 1.165) is 11.3 Å². The molecule has 3 aliphatic rings. The van der Waals surface area contributed by atoms with Crippen LogP contribution in [0.15, 0.2) is 29.3 Å². The molecule has 1 unspecified atom stereocenters. The molecule has 0 saturated carbocycles. The lowest BCUT2D eigenvalue weighted by Crippen LogP contribution is -2.26. The number of rotatable bonds is 3. The van der Waals surface area contributed by atoms with Crippen LogP contribution in [-0.4, -0.2) is 31.4 Å². The van der Waals surface area contributed by atoms with Crippen molar-refractivity contribution in [3.8, 4) is 23.0 Å². The van der Waals surface area contributed by atoms with Gasteiger partial charge in [0.15, 0.2) is 23.0 Å². The van der Waals surface area contributed by atoms with Crippen molar-refractivity contribution in [2.45, 2.75) is 13.0 Å². The lowest BCUT2D eigenvalue weighted by atomic mass is 9.94. The van der Waals surface area contributed by atoms with E-state index in [1.54, 1.807) is 12.4 Å². The van der Waals surface area contributed by atoms with Gasteiger partial charge in [0.2, 0.25) is 13.6 Å². The fourth-order valence-corrected chi connectivity index (χ4v) is 3.53.